The van der Waals surface area contributed by atoms with Gasteiger partial charge in [-0.15, -0.1) is 0 Å². The van der Waals surface area contributed by atoms with Crippen molar-refractivity contribution in [1.29, 1.82) is 0 Å². The molecule has 0 saturated heterocycles. The number of halogens is 1. The van der Waals surface area contributed by atoms with Crippen LogP contribution < -0.4 is 0 Å². The molecule has 1 heterocycles. The molecule has 13 heavy (non-hydrogen) atoms. The van der Waals surface area contributed by atoms with Crippen molar-refractivity contribution in [3.8, 4) is 0 Å². The molecule has 1 fully saturated rings. The van der Waals surface area contributed by atoms with E-state index in [1.807, 2.05) is 13.8 Å². The summed E-state index contributed by atoms with van der Waals surface area (Å²) in [5, 5.41) is 0.673. The summed E-state index contributed by atoms with van der Waals surface area (Å²) in [6, 6.07) is 0. The number of aromatic nitrogens is 2. The van der Waals surface area contributed by atoms with E-state index in [-0.39, 0.29) is 0 Å². The minimum Gasteiger partial charge on any atom is -0.238 e. The molecule has 2 rings (SSSR count). The molecule has 1 aliphatic carbocycles. The van der Waals surface area contributed by atoms with Gasteiger partial charge in [-0.1, -0.05) is 18.5 Å². The zero-order valence-corrected chi connectivity index (χ0v) is 8.73. The van der Waals surface area contributed by atoms with Crippen molar-refractivity contribution in [2.75, 3.05) is 0 Å². The molecule has 3 heteroatoms. The predicted octanol–water partition coefficient (Wildman–Crippen LogP) is 2.88. The van der Waals surface area contributed by atoms with E-state index in [0.717, 1.165) is 17.9 Å². The molecule has 0 aliphatic heterocycles. The van der Waals surface area contributed by atoms with Crippen molar-refractivity contribution in [3.63, 3.8) is 0 Å². The number of rotatable bonds is 2. The standard InChI is InChI=1S/C10H13ClN2/c1-3-8-12-6(2)9(7-4-5-7)10(11)13-8/h7H,3-5H2,1-2H3. The van der Waals surface area contributed by atoms with Gasteiger partial charge >= 0.3 is 0 Å². The smallest absolute Gasteiger partial charge is 0.136 e. The Labute approximate surface area is 83.4 Å². The molecule has 0 amide bonds. The van der Waals surface area contributed by atoms with Crippen LogP contribution in [-0.4, -0.2) is 9.97 Å². The third kappa shape index (κ3) is 1.68. The topological polar surface area (TPSA) is 25.8 Å². The second-order valence-corrected chi connectivity index (χ2v) is 3.92. The summed E-state index contributed by atoms with van der Waals surface area (Å²) in [7, 11) is 0. The lowest BCUT2D eigenvalue weighted by atomic mass is 10.1. The second kappa shape index (κ2) is 3.26. The predicted molar refractivity (Wildman–Crippen MR) is 53.1 cm³/mol. The lowest BCUT2D eigenvalue weighted by Gasteiger charge is -2.06. The molecule has 0 N–H and O–H groups in total. The molecule has 0 spiro atoms. The van der Waals surface area contributed by atoms with Crippen molar-refractivity contribution < 1.29 is 0 Å². The monoisotopic (exact) mass is 196 g/mol. The maximum atomic E-state index is 6.10. The highest BCUT2D eigenvalue weighted by atomic mass is 35.5. The fourth-order valence-corrected chi connectivity index (χ4v) is 1.98. The summed E-state index contributed by atoms with van der Waals surface area (Å²) >= 11 is 6.10. The molecule has 1 aromatic rings. The van der Waals surface area contributed by atoms with Crippen molar-refractivity contribution in [2.45, 2.75) is 39.0 Å². The molecule has 0 unspecified atom stereocenters. The molecule has 0 aromatic carbocycles. The molecule has 0 atom stereocenters. The van der Waals surface area contributed by atoms with Crippen LogP contribution in [0.5, 0.6) is 0 Å². The number of aryl methyl sites for hydroxylation is 2. The fraction of sp³-hybridized carbons (Fsp3) is 0.600. The summed E-state index contributed by atoms with van der Waals surface area (Å²) in [5.41, 5.74) is 2.25. The number of nitrogens with zero attached hydrogens (tertiary/aromatic N) is 2. The van der Waals surface area contributed by atoms with Crippen LogP contribution in [0.15, 0.2) is 0 Å². The van der Waals surface area contributed by atoms with E-state index in [1.165, 1.54) is 18.4 Å². The van der Waals surface area contributed by atoms with Gasteiger partial charge in [0.25, 0.3) is 0 Å². The second-order valence-electron chi connectivity index (χ2n) is 3.56. The van der Waals surface area contributed by atoms with Crippen molar-refractivity contribution >= 4 is 11.6 Å². The van der Waals surface area contributed by atoms with Gasteiger partial charge in [0.2, 0.25) is 0 Å². The average molecular weight is 197 g/mol. The Bertz CT molecular complexity index is 309. The van der Waals surface area contributed by atoms with Gasteiger partial charge in [0.05, 0.1) is 0 Å². The fourth-order valence-electron chi connectivity index (χ4n) is 1.60. The van der Waals surface area contributed by atoms with Gasteiger partial charge in [0.15, 0.2) is 0 Å². The van der Waals surface area contributed by atoms with Crippen LogP contribution in [0.2, 0.25) is 5.15 Å². The SMILES string of the molecule is CCc1nc(C)c(C2CC2)c(Cl)n1. The minimum atomic E-state index is 0.637. The van der Waals surface area contributed by atoms with Crippen LogP contribution >= 0.6 is 11.6 Å². The van der Waals surface area contributed by atoms with Crippen molar-refractivity contribution in [1.82, 2.24) is 9.97 Å². The maximum Gasteiger partial charge on any atom is 0.136 e. The van der Waals surface area contributed by atoms with Gasteiger partial charge in [-0.2, -0.15) is 0 Å². The van der Waals surface area contributed by atoms with Gasteiger partial charge in [-0.25, -0.2) is 9.97 Å². The summed E-state index contributed by atoms with van der Waals surface area (Å²) < 4.78 is 0. The van der Waals surface area contributed by atoms with Gasteiger partial charge in [0, 0.05) is 17.7 Å². The first kappa shape index (κ1) is 8.95. The van der Waals surface area contributed by atoms with Crippen LogP contribution in [-0.2, 0) is 6.42 Å². The Morgan fingerprint density at radius 2 is 2.08 bits per heavy atom. The first-order valence-electron chi connectivity index (χ1n) is 4.75. The van der Waals surface area contributed by atoms with Gasteiger partial charge in [-0.3, -0.25) is 0 Å². The molecule has 0 radical (unpaired) electrons. The third-order valence-corrected chi connectivity index (χ3v) is 2.73. The van der Waals surface area contributed by atoms with E-state index in [0.29, 0.717) is 11.1 Å². The van der Waals surface area contributed by atoms with Crippen LogP contribution in [0.1, 0.15) is 42.8 Å². The quantitative estimate of drug-likeness (QED) is 0.680. The Balaban J connectivity index is 2.44. The molecule has 1 aromatic heterocycles. The normalized spacial score (nSPS) is 16.2. The van der Waals surface area contributed by atoms with E-state index in [9.17, 15) is 0 Å². The number of hydrogen-bond donors (Lipinski definition) is 0. The summed E-state index contributed by atoms with van der Waals surface area (Å²) in [6.07, 6.45) is 3.34. The molecule has 1 saturated carbocycles. The van der Waals surface area contributed by atoms with E-state index in [1.54, 1.807) is 0 Å². The highest BCUT2D eigenvalue weighted by molar-refractivity contribution is 6.30. The third-order valence-electron chi connectivity index (χ3n) is 2.44. The summed E-state index contributed by atoms with van der Waals surface area (Å²) in [6.45, 7) is 4.07. The molecular weight excluding hydrogens is 184 g/mol. The van der Waals surface area contributed by atoms with Gasteiger partial charge < -0.3 is 0 Å². The Hall–Kier alpha value is -0.630. The van der Waals surface area contributed by atoms with Crippen molar-refractivity contribution in [2.24, 2.45) is 0 Å². The van der Waals surface area contributed by atoms with Crippen LogP contribution in [0.3, 0.4) is 0 Å². The zero-order chi connectivity index (χ0) is 9.42. The first-order chi connectivity index (χ1) is 6.22. The van der Waals surface area contributed by atoms with Crippen LogP contribution in [0.4, 0.5) is 0 Å². The summed E-state index contributed by atoms with van der Waals surface area (Å²) in [5.74, 6) is 1.49. The average Bonchev–Trinajstić information content (AvgIpc) is 2.87. The molecule has 1 aliphatic rings. The first-order valence-corrected chi connectivity index (χ1v) is 5.13. The zero-order valence-electron chi connectivity index (χ0n) is 7.97. The van der Waals surface area contributed by atoms with E-state index >= 15 is 0 Å². The minimum absolute atomic E-state index is 0.637. The highest BCUT2D eigenvalue weighted by Gasteiger charge is 2.28. The Morgan fingerprint density at radius 3 is 2.54 bits per heavy atom. The highest BCUT2D eigenvalue weighted by Crippen LogP contribution is 2.43. The van der Waals surface area contributed by atoms with Gasteiger partial charge in [-0.05, 0) is 25.7 Å². The van der Waals surface area contributed by atoms with E-state index in [2.05, 4.69) is 9.97 Å². The lowest BCUT2D eigenvalue weighted by Crippen LogP contribution is -2.01. The lowest BCUT2D eigenvalue weighted by molar-refractivity contribution is 0.884. The maximum absolute atomic E-state index is 6.10. The Kier molecular flexibility index (Phi) is 2.24. The largest absolute Gasteiger partial charge is 0.238 e. The van der Waals surface area contributed by atoms with Crippen LogP contribution in [0.25, 0.3) is 0 Å². The van der Waals surface area contributed by atoms with Gasteiger partial charge in [0.1, 0.15) is 11.0 Å². The van der Waals surface area contributed by atoms with Crippen LogP contribution in [0, 0.1) is 6.92 Å². The van der Waals surface area contributed by atoms with E-state index < -0.39 is 0 Å². The number of hydrogen-bond acceptors (Lipinski definition) is 2. The molecule has 2 nitrogen and oxygen atoms in total. The summed E-state index contributed by atoms with van der Waals surface area (Å²) in [4.78, 5) is 8.69. The molecule has 70 valence electrons. The molecular formula is C10H13ClN2. The molecule has 0 bridgehead atoms. The Morgan fingerprint density at radius 1 is 1.38 bits per heavy atom. The van der Waals surface area contributed by atoms with E-state index in [4.69, 9.17) is 11.6 Å². The van der Waals surface area contributed by atoms with Crippen molar-refractivity contribution in [3.05, 3.63) is 22.2 Å².